The highest BCUT2D eigenvalue weighted by molar-refractivity contribution is 7.91. The van der Waals surface area contributed by atoms with Crippen LogP contribution in [-0.4, -0.2) is 51.7 Å². The van der Waals surface area contributed by atoms with Crippen molar-refractivity contribution in [3.05, 3.63) is 77.5 Å². The summed E-state index contributed by atoms with van der Waals surface area (Å²) in [6.45, 7) is 5.50. The van der Waals surface area contributed by atoms with Crippen LogP contribution < -0.4 is 10.5 Å². The maximum atomic E-state index is 15.0. The van der Waals surface area contributed by atoms with Crippen LogP contribution in [-0.2, 0) is 16.3 Å². The summed E-state index contributed by atoms with van der Waals surface area (Å²) >= 11 is 0. The lowest BCUT2D eigenvalue weighted by Crippen LogP contribution is -2.48. The molecule has 0 unspecified atom stereocenters. The number of fused-ring (bicyclic) bond motifs is 1. The van der Waals surface area contributed by atoms with Gasteiger partial charge in [0.1, 0.15) is 23.2 Å². The Balaban J connectivity index is 1.47. The van der Waals surface area contributed by atoms with Crippen molar-refractivity contribution < 1.29 is 21.9 Å². The summed E-state index contributed by atoms with van der Waals surface area (Å²) in [5, 5.41) is 3.97. The van der Waals surface area contributed by atoms with Crippen LogP contribution in [0.3, 0.4) is 0 Å². The number of hydrogen-bond acceptors (Lipinski definition) is 7. The van der Waals surface area contributed by atoms with Gasteiger partial charge in [0, 0.05) is 43.2 Å². The van der Waals surface area contributed by atoms with Crippen LogP contribution in [0.25, 0.3) is 16.8 Å². The molecular formula is C29H33F2N5O3S. The minimum atomic E-state index is -3.27. The number of nitrogens with two attached hydrogens (primary N) is 1. The number of sulfone groups is 1. The third-order valence-corrected chi connectivity index (χ3v) is 9.32. The van der Waals surface area contributed by atoms with Crippen molar-refractivity contribution >= 4 is 15.4 Å². The third-order valence-electron chi connectivity index (χ3n) is 7.52. The summed E-state index contributed by atoms with van der Waals surface area (Å²) < 4.78 is 61.7. The lowest BCUT2D eigenvalue weighted by atomic mass is 9.75. The van der Waals surface area contributed by atoms with Crippen LogP contribution in [0.4, 0.5) is 8.78 Å². The van der Waals surface area contributed by atoms with Crippen molar-refractivity contribution in [2.24, 2.45) is 11.7 Å². The standard InChI is InChI=1S/C29H33F2N5O3S/c1-16(2)39-21-12-23(30)28(24(31)13-21)26-6-5-20-15-34-27(36(20)35-26)11-19-14-33-8-7-22(19)18-9-17(3)29(25(32)10-18)40(4,37)38/h5-8,12-18,25,29H,9-11,32H2,1-4H3/t17-,18+,25+,29+/m0/s1. The van der Waals surface area contributed by atoms with E-state index in [-0.39, 0.29) is 34.9 Å². The van der Waals surface area contributed by atoms with E-state index in [1.54, 1.807) is 49.1 Å². The fourth-order valence-electron chi connectivity index (χ4n) is 6.03. The van der Waals surface area contributed by atoms with Gasteiger partial charge < -0.3 is 10.5 Å². The highest BCUT2D eigenvalue weighted by atomic mass is 32.2. The number of ether oxygens (including phenoxy) is 1. The summed E-state index contributed by atoms with van der Waals surface area (Å²) in [5.74, 6) is -0.882. The predicted octanol–water partition coefficient (Wildman–Crippen LogP) is 4.70. The summed E-state index contributed by atoms with van der Waals surface area (Å²) in [6.07, 6.45) is 7.77. The van der Waals surface area contributed by atoms with Gasteiger partial charge in [0.25, 0.3) is 0 Å². The van der Waals surface area contributed by atoms with Crippen LogP contribution in [0.1, 0.15) is 56.5 Å². The molecule has 8 nitrogen and oxygen atoms in total. The van der Waals surface area contributed by atoms with E-state index in [2.05, 4.69) is 15.1 Å². The van der Waals surface area contributed by atoms with Crippen LogP contribution in [0, 0.1) is 17.6 Å². The van der Waals surface area contributed by atoms with Gasteiger partial charge in [-0.05, 0) is 67.9 Å². The molecule has 4 atom stereocenters. The Kier molecular flexibility index (Phi) is 7.62. The van der Waals surface area contributed by atoms with Gasteiger partial charge in [-0.1, -0.05) is 6.92 Å². The van der Waals surface area contributed by atoms with E-state index in [1.165, 1.54) is 6.26 Å². The molecule has 3 heterocycles. The van der Waals surface area contributed by atoms with E-state index < -0.39 is 32.8 Å². The van der Waals surface area contributed by atoms with Crippen molar-refractivity contribution in [1.29, 1.82) is 0 Å². The molecule has 0 spiro atoms. The molecule has 2 N–H and O–H groups in total. The first-order chi connectivity index (χ1) is 18.9. The first-order valence-corrected chi connectivity index (χ1v) is 15.2. The van der Waals surface area contributed by atoms with Gasteiger partial charge in [0.05, 0.1) is 34.3 Å². The number of nitrogens with zero attached hydrogens (tertiary/aromatic N) is 4. The molecule has 11 heteroatoms. The Morgan fingerprint density at radius 3 is 2.50 bits per heavy atom. The number of benzene rings is 1. The van der Waals surface area contributed by atoms with Crippen LogP contribution in [0.2, 0.25) is 0 Å². The zero-order chi connectivity index (χ0) is 28.8. The Bertz CT molecular complexity index is 1620. The van der Waals surface area contributed by atoms with E-state index in [0.29, 0.717) is 30.6 Å². The Hall–Kier alpha value is -3.44. The molecule has 3 aromatic heterocycles. The fourth-order valence-corrected chi connectivity index (χ4v) is 7.73. The minimum absolute atomic E-state index is 0.0607. The van der Waals surface area contributed by atoms with Crippen molar-refractivity contribution in [3.63, 3.8) is 0 Å². The summed E-state index contributed by atoms with van der Waals surface area (Å²) in [6, 6.07) is 7.07. The fraction of sp³-hybridized carbons (Fsp3) is 0.414. The predicted molar refractivity (Wildman–Crippen MR) is 149 cm³/mol. The molecule has 1 aliphatic carbocycles. The second-order valence-electron chi connectivity index (χ2n) is 11.0. The molecule has 0 saturated heterocycles. The van der Waals surface area contributed by atoms with Crippen LogP contribution in [0.5, 0.6) is 5.75 Å². The molecule has 4 aromatic rings. The van der Waals surface area contributed by atoms with E-state index in [9.17, 15) is 8.42 Å². The average Bonchev–Trinajstić information content (AvgIpc) is 3.24. The molecule has 0 aliphatic heterocycles. The van der Waals surface area contributed by atoms with Crippen molar-refractivity contribution in [2.75, 3.05) is 6.26 Å². The van der Waals surface area contributed by atoms with Crippen molar-refractivity contribution in [2.45, 2.75) is 63.3 Å². The van der Waals surface area contributed by atoms with Gasteiger partial charge in [-0.2, -0.15) is 5.10 Å². The van der Waals surface area contributed by atoms with Gasteiger partial charge in [0.15, 0.2) is 9.84 Å². The maximum Gasteiger partial charge on any atom is 0.152 e. The smallest absolute Gasteiger partial charge is 0.152 e. The quantitative estimate of drug-likeness (QED) is 0.343. The SMILES string of the molecule is CC(C)Oc1cc(F)c(-c2ccc3cnc(Cc4cnccc4[C@H]4C[C@@H](N)[C@H](S(C)(=O)=O)[C@@H](C)C4)n3n2)c(F)c1. The number of pyridine rings is 1. The Morgan fingerprint density at radius 2 is 1.85 bits per heavy atom. The first-order valence-electron chi connectivity index (χ1n) is 13.3. The van der Waals surface area contributed by atoms with E-state index in [4.69, 9.17) is 10.5 Å². The Morgan fingerprint density at radius 1 is 1.12 bits per heavy atom. The molecule has 40 heavy (non-hydrogen) atoms. The molecule has 1 saturated carbocycles. The molecule has 0 amide bonds. The van der Waals surface area contributed by atoms with Crippen LogP contribution >= 0.6 is 0 Å². The molecule has 1 aliphatic rings. The number of hydrogen-bond donors (Lipinski definition) is 1. The highest BCUT2D eigenvalue weighted by Gasteiger charge is 2.40. The monoisotopic (exact) mass is 569 g/mol. The number of aromatic nitrogens is 4. The lowest BCUT2D eigenvalue weighted by Gasteiger charge is -2.38. The second-order valence-corrected chi connectivity index (χ2v) is 13.2. The molecule has 1 aromatic carbocycles. The van der Waals surface area contributed by atoms with E-state index in [1.807, 2.05) is 13.0 Å². The van der Waals surface area contributed by atoms with Gasteiger partial charge in [-0.3, -0.25) is 4.98 Å². The molecule has 0 bridgehead atoms. The zero-order valence-electron chi connectivity index (χ0n) is 22.9. The van der Waals surface area contributed by atoms with E-state index >= 15 is 8.78 Å². The molecule has 212 valence electrons. The topological polar surface area (TPSA) is 112 Å². The summed E-state index contributed by atoms with van der Waals surface area (Å²) in [7, 11) is -3.27. The van der Waals surface area contributed by atoms with Gasteiger partial charge in [-0.15, -0.1) is 0 Å². The zero-order valence-corrected chi connectivity index (χ0v) is 23.7. The summed E-state index contributed by atoms with van der Waals surface area (Å²) in [5.41, 5.74) is 8.89. The van der Waals surface area contributed by atoms with Gasteiger partial charge in [0.2, 0.25) is 0 Å². The average molecular weight is 570 g/mol. The lowest BCUT2D eigenvalue weighted by molar-refractivity contribution is 0.240. The number of rotatable bonds is 7. The number of imidazole rings is 1. The summed E-state index contributed by atoms with van der Waals surface area (Å²) in [4.78, 5) is 8.85. The number of halogens is 2. The highest BCUT2D eigenvalue weighted by Crippen LogP contribution is 2.39. The molecular weight excluding hydrogens is 536 g/mol. The van der Waals surface area contributed by atoms with E-state index in [0.717, 1.165) is 23.3 Å². The van der Waals surface area contributed by atoms with Crippen molar-refractivity contribution in [3.8, 4) is 17.0 Å². The molecule has 1 fully saturated rings. The minimum Gasteiger partial charge on any atom is -0.491 e. The van der Waals surface area contributed by atoms with Crippen molar-refractivity contribution in [1.82, 2.24) is 19.6 Å². The second kappa shape index (κ2) is 10.9. The molecule has 5 rings (SSSR count). The van der Waals surface area contributed by atoms with Gasteiger partial charge >= 0.3 is 0 Å². The van der Waals surface area contributed by atoms with Gasteiger partial charge in [-0.25, -0.2) is 26.7 Å². The Labute approximate surface area is 232 Å². The third kappa shape index (κ3) is 5.57. The van der Waals surface area contributed by atoms with Crippen LogP contribution in [0.15, 0.2) is 48.9 Å². The molecule has 0 radical (unpaired) electrons. The normalized spacial score (nSPS) is 21.7. The maximum absolute atomic E-state index is 15.0. The largest absolute Gasteiger partial charge is 0.491 e. The first kappa shape index (κ1) is 28.1.